The summed E-state index contributed by atoms with van der Waals surface area (Å²) in [6.07, 6.45) is -0.638. The van der Waals surface area contributed by atoms with Crippen LogP contribution in [0.25, 0.3) is 0 Å². The maximum atomic E-state index is 13.1. The first-order valence-corrected chi connectivity index (χ1v) is 8.54. The van der Waals surface area contributed by atoms with Crippen LogP contribution in [0.3, 0.4) is 0 Å². The Morgan fingerprint density at radius 1 is 1.19 bits per heavy atom. The van der Waals surface area contributed by atoms with E-state index in [0.29, 0.717) is 6.42 Å². The van der Waals surface area contributed by atoms with Gasteiger partial charge in [0.05, 0.1) is 11.5 Å². The van der Waals surface area contributed by atoms with Gasteiger partial charge >= 0.3 is 6.09 Å². The zero-order chi connectivity index (χ0) is 20.8. The number of non-ortho nitro benzene ring substituents is 1. The third-order valence-corrected chi connectivity index (χ3v) is 4.62. The standard InChI is InChI=1S/C18H27N3O6/c1-17(2,3)18(4,27-16(19)24)15(23)20(11-12-22)10-9-13-5-7-14(8-6-13)21(25)26/h5-8,22H,9-12H2,1-4H3,(H2,19,24). The van der Waals surface area contributed by atoms with Crippen LogP contribution in [-0.4, -0.2) is 52.2 Å². The summed E-state index contributed by atoms with van der Waals surface area (Å²) in [4.78, 5) is 36.1. The summed E-state index contributed by atoms with van der Waals surface area (Å²) in [6.45, 7) is 6.79. The number of primary amides is 1. The first-order valence-electron chi connectivity index (χ1n) is 8.54. The molecule has 1 aromatic carbocycles. The monoisotopic (exact) mass is 381 g/mol. The largest absolute Gasteiger partial charge is 0.433 e. The lowest BCUT2D eigenvalue weighted by Crippen LogP contribution is -2.58. The molecule has 27 heavy (non-hydrogen) atoms. The Kier molecular flexibility index (Phi) is 7.29. The van der Waals surface area contributed by atoms with Crippen molar-refractivity contribution in [2.24, 2.45) is 11.1 Å². The van der Waals surface area contributed by atoms with Crippen LogP contribution in [0.4, 0.5) is 10.5 Å². The van der Waals surface area contributed by atoms with Crippen LogP contribution >= 0.6 is 0 Å². The molecule has 0 aromatic heterocycles. The minimum atomic E-state index is -1.51. The van der Waals surface area contributed by atoms with Gasteiger partial charge < -0.3 is 20.5 Å². The molecule has 0 spiro atoms. The molecule has 1 unspecified atom stereocenters. The van der Waals surface area contributed by atoms with Gasteiger partial charge in [0.25, 0.3) is 11.6 Å². The summed E-state index contributed by atoms with van der Waals surface area (Å²) in [5.74, 6) is -0.468. The molecule has 2 amide bonds. The van der Waals surface area contributed by atoms with Gasteiger partial charge in [0, 0.05) is 30.6 Å². The van der Waals surface area contributed by atoms with Gasteiger partial charge in [0.15, 0.2) is 5.60 Å². The zero-order valence-electron chi connectivity index (χ0n) is 16.1. The highest BCUT2D eigenvalue weighted by Crippen LogP contribution is 2.35. The molecule has 3 N–H and O–H groups in total. The highest BCUT2D eigenvalue weighted by molar-refractivity contribution is 5.88. The number of hydrogen-bond acceptors (Lipinski definition) is 6. The van der Waals surface area contributed by atoms with Crippen molar-refractivity contribution in [1.82, 2.24) is 4.90 Å². The fraction of sp³-hybridized carbons (Fsp3) is 0.556. The molecule has 9 heteroatoms. The summed E-state index contributed by atoms with van der Waals surface area (Å²) in [6, 6.07) is 6.01. The van der Waals surface area contributed by atoms with Crippen LogP contribution in [-0.2, 0) is 16.0 Å². The van der Waals surface area contributed by atoms with Gasteiger partial charge in [0.2, 0.25) is 0 Å². The summed E-state index contributed by atoms with van der Waals surface area (Å²) in [5.41, 5.74) is 3.69. The predicted molar refractivity (Wildman–Crippen MR) is 99.0 cm³/mol. The van der Waals surface area contributed by atoms with Gasteiger partial charge in [-0.05, 0) is 18.9 Å². The van der Waals surface area contributed by atoms with E-state index in [-0.39, 0.29) is 25.4 Å². The number of carbonyl (C=O) groups is 2. The maximum Gasteiger partial charge on any atom is 0.405 e. The number of nitrogens with two attached hydrogens (primary N) is 1. The van der Waals surface area contributed by atoms with Gasteiger partial charge in [-0.3, -0.25) is 14.9 Å². The number of benzene rings is 1. The molecule has 0 aliphatic rings. The summed E-state index contributed by atoms with van der Waals surface area (Å²) in [5, 5.41) is 20.0. The molecule has 0 saturated carbocycles. The van der Waals surface area contributed by atoms with Crippen LogP contribution < -0.4 is 5.73 Å². The molecule has 0 aliphatic heterocycles. The minimum Gasteiger partial charge on any atom is -0.433 e. The van der Waals surface area contributed by atoms with E-state index in [1.54, 1.807) is 32.9 Å². The summed E-state index contributed by atoms with van der Waals surface area (Å²) in [7, 11) is 0. The van der Waals surface area contributed by atoms with E-state index < -0.39 is 27.9 Å². The number of aliphatic hydroxyl groups excluding tert-OH is 1. The molecular weight excluding hydrogens is 354 g/mol. The maximum absolute atomic E-state index is 13.1. The van der Waals surface area contributed by atoms with E-state index in [0.717, 1.165) is 5.56 Å². The van der Waals surface area contributed by atoms with Gasteiger partial charge in [0.1, 0.15) is 0 Å². The molecule has 1 atom stereocenters. The third-order valence-electron chi connectivity index (χ3n) is 4.62. The van der Waals surface area contributed by atoms with E-state index in [1.165, 1.54) is 24.0 Å². The SMILES string of the molecule is CC(C)(C)C(C)(OC(N)=O)C(=O)N(CCO)CCc1ccc([N+](=O)[O-])cc1. The highest BCUT2D eigenvalue weighted by atomic mass is 16.6. The fourth-order valence-corrected chi connectivity index (χ4v) is 2.50. The Labute approximate surface area is 158 Å². The normalized spacial score (nSPS) is 13.5. The summed E-state index contributed by atoms with van der Waals surface area (Å²) >= 11 is 0. The number of nitro groups is 1. The number of carbonyl (C=O) groups excluding carboxylic acids is 2. The van der Waals surface area contributed by atoms with E-state index >= 15 is 0 Å². The molecule has 1 rings (SSSR count). The lowest BCUT2D eigenvalue weighted by Gasteiger charge is -2.42. The van der Waals surface area contributed by atoms with Gasteiger partial charge in [-0.1, -0.05) is 32.9 Å². The lowest BCUT2D eigenvalue weighted by molar-refractivity contribution is -0.384. The van der Waals surface area contributed by atoms with Crippen LogP contribution in [0.5, 0.6) is 0 Å². The van der Waals surface area contributed by atoms with Gasteiger partial charge in [-0.15, -0.1) is 0 Å². The Balaban J connectivity index is 2.99. The van der Waals surface area contributed by atoms with Crippen molar-refractivity contribution in [3.63, 3.8) is 0 Å². The van der Waals surface area contributed by atoms with E-state index in [9.17, 15) is 24.8 Å². The second kappa shape index (κ2) is 8.81. The first-order chi connectivity index (χ1) is 12.4. The predicted octanol–water partition coefficient (Wildman–Crippen LogP) is 1.86. The fourth-order valence-electron chi connectivity index (χ4n) is 2.50. The Morgan fingerprint density at radius 3 is 2.15 bits per heavy atom. The average Bonchev–Trinajstić information content (AvgIpc) is 2.56. The molecule has 0 heterocycles. The topological polar surface area (TPSA) is 136 Å². The van der Waals surface area contributed by atoms with Gasteiger partial charge in [-0.2, -0.15) is 0 Å². The molecule has 0 bridgehead atoms. The van der Waals surface area contributed by atoms with E-state index in [2.05, 4.69) is 0 Å². The van der Waals surface area contributed by atoms with Crippen molar-refractivity contribution in [3.8, 4) is 0 Å². The molecule has 150 valence electrons. The van der Waals surface area contributed by atoms with Crippen LogP contribution in [0, 0.1) is 15.5 Å². The lowest BCUT2D eigenvalue weighted by atomic mass is 9.76. The molecule has 0 radical (unpaired) electrons. The van der Waals surface area contributed by atoms with Crippen molar-refractivity contribution >= 4 is 17.7 Å². The molecule has 1 aromatic rings. The Morgan fingerprint density at radius 2 is 1.74 bits per heavy atom. The third kappa shape index (κ3) is 5.65. The second-order valence-electron chi connectivity index (χ2n) is 7.39. The number of rotatable bonds is 8. The van der Waals surface area contributed by atoms with Crippen LogP contribution in [0.15, 0.2) is 24.3 Å². The van der Waals surface area contributed by atoms with Gasteiger partial charge in [-0.25, -0.2) is 4.79 Å². The molecular formula is C18H27N3O6. The van der Waals surface area contributed by atoms with E-state index in [1.807, 2.05) is 0 Å². The smallest absolute Gasteiger partial charge is 0.405 e. The van der Waals surface area contributed by atoms with E-state index in [4.69, 9.17) is 10.5 Å². The number of nitro benzene ring substituents is 1. The average molecular weight is 381 g/mol. The van der Waals surface area contributed by atoms with Crippen molar-refractivity contribution < 1.29 is 24.4 Å². The second-order valence-corrected chi connectivity index (χ2v) is 7.39. The van der Waals surface area contributed by atoms with Crippen LogP contribution in [0.1, 0.15) is 33.3 Å². The zero-order valence-corrected chi connectivity index (χ0v) is 16.1. The molecule has 9 nitrogen and oxygen atoms in total. The Bertz CT molecular complexity index is 683. The van der Waals surface area contributed by atoms with Crippen molar-refractivity contribution in [2.45, 2.75) is 39.7 Å². The molecule has 0 fully saturated rings. The number of hydrogen-bond donors (Lipinski definition) is 2. The van der Waals surface area contributed by atoms with Crippen molar-refractivity contribution in [1.29, 1.82) is 0 Å². The first kappa shape index (κ1) is 22.4. The quantitative estimate of drug-likeness (QED) is 0.521. The summed E-state index contributed by atoms with van der Waals surface area (Å²) < 4.78 is 5.18. The minimum absolute atomic E-state index is 0.0165. The Hall–Kier alpha value is -2.68. The number of nitrogens with zero attached hydrogens (tertiary/aromatic N) is 2. The number of ether oxygens (including phenoxy) is 1. The number of aliphatic hydroxyl groups is 1. The van der Waals surface area contributed by atoms with Crippen LogP contribution in [0.2, 0.25) is 0 Å². The number of amides is 2. The van der Waals surface area contributed by atoms with Crippen molar-refractivity contribution in [3.05, 3.63) is 39.9 Å². The molecule has 0 aliphatic carbocycles. The highest BCUT2D eigenvalue weighted by Gasteiger charge is 2.49. The van der Waals surface area contributed by atoms with Crippen molar-refractivity contribution in [2.75, 3.05) is 19.7 Å². The molecule has 0 saturated heterocycles.